The van der Waals surface area contributed by atoms with E-state index in [1.165, 1.54) is 12.1 Å². The van der Waals surface area contributed by atoms with Crippen LogP contribution in [-0.2, 0) is 29.1 Å². The van der Waals surface area contributed by atoms with E-state index >= 15 is 0 Å². The molecule has 0 fully saturated rings. The van der Waals surface area contributed by atoms with Crippen LogP contribution in [-0.4, -0.2) is 52.7 Å². The smallest absolute Gasteiger partial charge is 0.325 e. The third-order valence-corrected chi connectivity index (χ3v) is 6.06. The van der Waals surface area contributed by atoms with Crippen molar-refractivity contribution in [1.29, 1.82) is 0 Å². The van der Waals surface area contributed by atoms with Crippen molar-refractivity contribution in [3.8, 4) is 11.5 Å². The Morgan fingerprint density at radius 1 is 0.939 bits per heavy atom. The summed E-state index contributed by atoms with van der Waals surface area (Å²) in [5.41, 5.74) is 2.17. The van der Waals surface area contributed by atoms with Crippen LogP contribution in [0, 0.1) is 13.8 Å². The van der Waals surface area contributed by atoms with Crippen LogP contribution in [0.25, 0.3) is 0 Å². The Labute approximate surface area is 190 Å². The molecule has 1 aliphatic rings. The number of ether oxygens (including phenoxy) is 3. The number of fused-ring (bicyclic) bond motifs is 1. The van der Waals surface area contributed by atoms with Gasteiger partial charge >= 0.3 is 5.97 Å². The molecule has 2 aromatic rings. The summed E-state index contributed by atoms with van der Waals surface area (Å²) in [6.45, 7) is 2.08. The number of rotatable bonds is 9. The van der Waals surface area contributed by atoms with E-state index in [9.17, 15) is 22.8 Å². The molecule has 0 aromatic heterocycles. The minimum atomic E-state index is -3.88. The van der Waals surface area contributed by atoms with E-state index in [4.69, 9.17) is 14.2 Å². The molecule has 0 bridgehead atoms. The van der Waals surface area contributed by atoms with Crippen molar-refractivity contribution in [3.63, 3.8) is 0 Å². The largest absolute Gasteiger partial charge is 0.454 e. The maximum atomic E-state index is 12.3. The lowest BCUT2D eigenvalue weighted by atomic mass is 10.1. The molecule has 33 heavy (non-hydrogen) atoms. The molecule has 11 nitrogen and oxygen atoms in total. The quantitative estimate of drug-likeness (QED) is 0.445. The number of carbonyl (C=O) groups excluding carboxylic acids is 3. The van der Waals surface area contributed by atoms with E-state index < -0.39 is 47.5 Å². The number of nitrogens with one attached hydrogen (secondary N) is 3. The van der Waals surface area contributed by atoms with Gasteiger partial charge in [0.2, 0.25) is 22.7 Å². The van der Waals surface area contributed by atoms with Crippen LogP contribution in [0.1, 0.15) is 11.1 Å². The summed E-state index contributed by atoms with van der Waals surface area (Å²) in [7, 11) is -3.88. The number of hydrogen-bond acceptors (Lipinski definition) is 8. The van der Waals surface area contributed by atoms with E-state index in [1.54, 1.807) is 31.2 Å². The zero-order chi connectivity index (χ0) is 24.0. The van der Waals surface area contributed by atoms with Crippen molar-refractivity contribution in [2.75, 3.05) is 31.8 Å². The Hall–Kier alpha value is -3.64. The zero-order valence-electron chi connectivity index (χ0n) is 18.0. The third-order valence-electron chi connectivity index (χ3n) is 4.66. The van der Waals surface area contributed by atoms with Gasteiger partial charge in [0.25, 0.3) is 5.91 Å². The predicted molar refractivity (Wildman–Crippen MR) is 116 cm³/mol. The average Bonchev–Trinajstić information content (AvgIpc) is 3.24. The van der Waals surface area contributed by atoms with Gasteiger partial charge in [-0.1, -0.05) is 6.07 Å². The van der Waals surface area contributed by atoms with Gasteiger partial charge in [-0.3, -0.25) is 14.4 Å². The van der Waals surface area contributed by atoms with Crippen LogP contribution in [0.4, 0.5) is 5.69 Å². The molecule has 0 saturated carbocycles. The Bertz CT molecular complexity index is 1180. The Kier molecular flexibility index (Phi) is 7.51. The molecule has 0 spiro atoms. The molecule has 1 heterocycles. The lowest BCUT2D eigenvalue weighted by Gasteiger charge is -2.10. The molecule has 0 aliphatic carbocycles. The van der Waals surface area contributed by atoms with E-state index in [1.807, 2.05) is 6.92 Å². The van der Waals surface area contributed by atoms with Gasteiger partial charge in [-0.15, -0.1) is 0 Å². The summed E-state index contributed by atoms with van der Waals surface area (Å²) in [6, 6.07) is 9.42. The molecule has 3 rings (SSSR count). The van der Waals surface area contributed by atoms with Crippen LogP contribution in [0.3, 0.4) is 0 Å². The third kappa shape index (κ3) is 6.67. The van der Waals surface area contributed by atoms with E-state index in [2.05, 4.69) is 15.4 Å². The molecule has 12 heteroatoms. The summed E-state index contributed by atoms with van der Waals surface area (Å²) >= 11 is 0. The molecule has 2 amide bonds. The molecule has 3 N–H and O–H groups in total. The second-order valence-electron chi connectivity index (χ2n) is 7.12. The van der Waals surface area contributed by atoms with Gasteiger partial charge < -0.3 is 24.8 Å². The summed E-state index contributed by atoms with van der Waals surface area (Å²) < 4.78 is 41.9. The fraction of sp³-hybridized carbons (Fsp3) is 0.286. The topological polar surface area (TPSA) is 149 Å². The van der Waals surface area contributed by atoms with Crippen molar-refractivity contribution in [2.45, 2.75) is 18.7 Å². The zero-order valence-corrected chi connectivity index (χ0v) is 18.8. The summed E-state index contributed by atoms with van der Waals surface area (Å²) in [6.07, 6.45) is 0. The first kappa shape index (κ1) is 24.0. The fourth-order valence-corrected chi connectivity index (χ4v) is 3.79. The molecule has 0 atom stereocenters. The number of sulfonamides is 1. The SMILES string of the molecule is Cc1ccc(S(=O)(=O)NCC(=O)NCC(=O)OCC(=O)Nc2ccc3c(c2)OCO3)cc1C. The van der Waals surface area contributed by atoms with E-state index in [0.29, 0.717) is 17.2 Å². The Balaban J connectivity index is 1.37. The predicted octanol–water partition coefficient (Wildman–Crippen LogP) is 0.609. The molecule has 176 valence electrons. The van der Waals surface area contributed by atoms with E-state index in [-0.39, 0.29) is 11.7 Å². The first-order chi connectivity index (χ1) is 15.6. The highest BCUT2D eigenvalue weighted by Crippen LogP contribution is 2.34. The Morgan fingerprint density at radius 2 is 1.70 bits per heavy atom. The van der Waals surface area contributed by atoms with Gasteiger partial charge in [0, 0.05) is 11.8 Å². The van der Waals surface area contributed by atoms with Crippen LogP contribution in [0.2, 0.25) is 0 Å². The van der Waals surface area contributed by atoms with Gasteiger partial charge in [-0.25, -0.2) is 13.1 Å². The molecule has 0 radical (unpaired) electrons. The van der Waals surface area contributed by atoms with Crippen molar-refractivity contribution in [3.05, 3.63) is 47.5 Å². The highest BCUT2D eigenvalue weighted by molar-refractivity contribution is 7.89. The second-order valence-corrected chi connectivity index (χ2v) is 8.89. The highest BCUT2D eigenvalue weighted by atomic mass is 32.2. The molecule has 1 aliphatic heterocycles. The first-order valence-corrected chi connectivity index (χ1v) is 11.3. The number of carbonyl (C=O) groups is 3. The maximum absolute atomic E-state index is 12.3. The van der Waals surface area contributed by atoms with Crippen LogP contribution >= 0.6 is 0 Å². The highest BCUT2D eigenvalue weighted by Gasteiger charge is 2.17. The fourth-order valence-electron chi connectivity index (χ4n) is 2.73. The monoisotopic (exact) mass is 477 g/mol. The molecular weight excluding hydrogens is 454 g/mol. The van der Waals surface area contributed by atoms with Crippen molar-refractivity contribution >= 4 is 33.5 Å². The van der Waals surface area contributed by atoms with Gasteiger partial charge in [-0.2, -0.15) is 0 Å². The normalized spacial score (nSPS) is 12.2. The second kappa shape index (κ2) is 10.3. The summed E-state index contributed by atoms with van der Waals surface area (Å²) in [5.74, 6) is -1.13. The molecule has 0 unspecified atom stereocenters. The lowest BCUT2D eigenvalue weighted by Crippen LogP contribution is -2.39. The van der Waals surface area contributed by atoms with Gasteiger partial charge in [-0.05, 0) is 49.2 Å². The summed E-state index contributed by atoms with van der Waals surface area (Å²) in [5, 5.41) is 4.76. The van der Waals surface area contributed by atoms with Crippen molar-refractivity contribution in [1.82, 2.24) is 10.0 Å². The van der Waals surface area contributed by atoms with Crippen LogP contribution in [0.5, 0.6) is 11.5 Å². The van der Waals surface area contributed by atoms with Gasteiger partial charge in [0.15, 0.2) is 18.1 Å². The van der Waals surface area contributed by atoms with Gasteiger partial charge in [0.05, 0.1) is 11.4 Å². The minimum absolute atomic E-state index is 0.0336. The van der Waals surface area contributed by atoms with Crippen LogP contribution in [0.15, 0.2) is 41.3 Å². The maximum Gasteiger partial charge on any atom is 0.325 e. The van der Waals surface area contributed by atoms with Crippen molar-refractivity contribution in [2.24, 2.45) is 0 Å². The van der Waals surface area contributed by atoms with E-state index in [0.717, 1.165) is 11.1 Å². The number of hydrogen-bond donors (Lipinski definition) is 3. The number of aryl methyl sites for hydroxylation is 2. The van der Waals surface area contributed by atoms with Crippen LogP contribution < -0.4 is 24.8 Å². The lowest BCUT2D eigenvalue weighted by molar-refractivity contribution is -0.147. The van der Waals surface area contributed by atoms with Crippen molar-refractivity contribution < 1.29 is 37.0 Å². The standard InChI is InChI=1S/C21H23N3O8S/c1-13-3-5-16(7-14(13)2)33(28,29)23-9-19(25)22-10-21(27)30-11-20(26)24-15-4-6-17-18(8-15)32-12-31-17/h3-8,23H,9-12H2,1-2H3,(H,22,25)(H,24,26). The molecule has 0 saturated heterocycles. The number of benzene rings is 2. The van der Waals surface area contributed by atoms with Gasteiger partial charge in [0.1, 0.15) is 6.54 Å². The number of esters is 1. The molecular formula is C21H23N3O8S. The number of amides is 2. The minimum Gasteiger partial charge on any atom is -0.454 e. The summed E-state index contributed by atoms with van der Waals surface area (Å²) in [4.78, 5) is 35.6. The molecule has 2 aromatic carbocycles. The average molecular weight is 477 g/mol. The number of anilines is 1. The first-order valence-electron chi connectivity index (χ1n) is 9.83. The Morgan fingerprint density at radius 3 is 2.45 bits per heavy atom.